The topological polar surface area (TPSA) is 505 Å². The highest BCUT2D eigenvalue weighted by Gasteiger charge is 2.73. The van der Waals surface area contributed by atoms with Gasteiger partial charge >= 0.3 is 6.09 Å². The van der Waals surface area contributed by atoms with Gasteiger partial charge in [-0.3, -0.25) is 19.2 Å². The molecule has 33 nitrogen and oxygen atoms in total. The van der Waals surface area contributed by atoms with Crippen molar-refractivity contribution < 1.29 is 142 Å². The number of aromatic hydroxyl groups is 2. The van der Waals surface area contributed by atoms with Crippen LogP contribution in [-0.2, 0) is 77.6 Å². The SMILES string of the molecule is CO[C@@]12[C@H](COC(N)=O)C3=C(C(=O)C(C)=C(N)C3=O)N1C[C@@H]1N[C@@H]12.CO[C@H](C(=O)[C@@H](O)[C@@H](C)O)C1Cc2cc3cc(O[C@H]4C[C@@H](O[C@H]5C[C@@H](O)[C@H](O)[C@@H](C)O5)[C@@H](O)[C@@H](C)O4)c(C)c(O)c3c(O)c2C(=O)[C@H]1O[C@H]1C[C@@H](O[C@H]2C[C@@H](O[C@H]3C[C@](C)(O)[C@H](O)[C@@H](C)O3)[C@H](O)[C@@H](C)O2)[C@H](O)[C@@H](C)O1. The third-order valence-electron chi connectivity index (χ3n) is 21.4. The van der Waals surface area contributed by atoms with Crippen LogP contribution in [0.5, 0.6) is 17.2 Å². The van der Waals surface area contributed by atoms with Crippen LogP contribution in [0.3, 0.4) is 0 Å². The monoisotopic (exact) mass is 1420 g/mol. The van der Waals surface area contributed by atoms with Gasteiger partial charge in [0.1, 0.15) is 72.7 Å². The van der Waals surface area contributed by atoms with Gasteiger partial charge in [-0.25, -0.2) is 4.79 Å². The number of aliphatic hydroxyl groups is 9. The summed E-state index contributed by atoms with van der Waals surface area (Å²) in [6.07, 6.45) is -28.0. The smallest absolute Gasteiger partial charge is 0.404 e. The van der Waals surface area contributed by atoms with Crippen LogP contribution in [0.1, 0.15) is 109 Å². The van der Waals surface area contributed by atoms with Crippen molar-refractivity contribution in [2.24, 2.45) is 23.3 Å². The van der Waals surface area contributed by atoms with Gasteiger partial charge in [0.05, 0.1) is 101 Å². The van der Waals surface area contributed by atoms with E-state index in [1.807, 2.05) is 4.90 Å². The number of allylic oxidation sites excluding steroid dienone is 2. The molecule has 10 aliphatic rings. The number of nitrogens with zero attached hydrogens (tertiary/aromatic N) is 1. The van der Waals surface area contributed by atoms with Gasteiger partial charge in [-0.15, -0.1) is 0 Å². The average Bonchev–Trinajstić information content (AvgIpc) is 1.50. The molecule has 7 fully saturated rings. The van der Waals surface area contributed by atoms with Crippen LogP contribution >= 0.6 is 0 Å². The minimum Gasteiger partial charge on any atom is -0.507 e. The molecule has 2 aromatic rings. The van der Waals surface area contributed by atoms with Gasteiger partial charge in [0.2, 0.25) is 17.9 Å². The number of nitrogens with one attached hydrogen (secondary N) is 1. The standard InChI is InChI=1S/C52H76O24.C15H18N4O5/c1-18-29(72-34-14-30(43(58)21(4)68-34)73-33-13-28(54)42(57)20(3)67-33)12-26-10-25-11-27(49(66-9)48(63)41(56)19(2)53)50(47(62)39(25)46(61)38(26)40(18)55)76-36-16-31(44(59)23(6)70-36)74-35-15-32(45(60)22(5)69-35)75-37-17-52(8,65)51(64)24(7)71-37;1-5-9(16)12(21)8-6(4-24-14(17)22)15(23-2)13-7(18-13)3-19(15)10(8)11(5)20/h10,12,19-24,27-28,30-37,41-45,49-51,53-61,64-65H,11,13-17H2,1-9H3;6-7,13,18H,3-4,16H2,1-2H3,(H2,17,22)/t19-,20-,21-,22-,23-,24-,27?,28-,30-,31-,32-,33+,34+,35+,36+,37+,41+,42-,43+,44-,45-,49+,50+,51-,52+;6-,7+,13+,15-/m11/s1. The van der Waals surface area contributed by atoms with Crippen LogP contribution < -0.4 is 21.5 Å². The first kappa shape index (κ1) is 75.4. The highest BCUT2D eigenvalue weighted by molar-refractivity contribution is 6.25. The number of carbonyl (C=O) groups excluding carboxylic acids is 5. The van der Waals surface area contributed by atoms with Crippen LogP contribution in [0, 0.1) is 18.8 Å². The molecule has 0 radical (unpaired) electrons. The third-order valence-corrected chi connectivity index (χ3v) is 21.4. The van der Waals surface area contributed by atoms with Gasteiger partial charge in [-0.2, -0.15) is 0 Å². The van der Waals surface area contributed by atoms with Crippen molar-refractivity contribution in [2.45, 2.75) is 266 Å². The Morgan fingerprint density at radius 2 is 1.28 bits per heavy atom. The maximum absolute atomic E-state index is 15.0. The van der Waals surface area contributed by atoms with Gasteiger partial charge in [-0.1, -0.05) is 0 Å². The molecule has 2 aliphatic carbocycles. The lowest BCUT2D eigenvalue weighted by atomic mass is 9.75. The molecule has 8 heterocycles. The van der Waals surface area contributed by atoms with E-state index >= 15 is 4.79 Å². The number of amides is 1. The number of carbonyl (C=O) groups is 5. The fourth-order valence-electron chi connectivity index (χ4n) is 15.7. The Balaban J connectivity index is 0.000000350. The van der Waals surface area contributed by atoms with Gasteiger partial charge in [-0.05, 0) is 91.8 Å². The zero-order chi connectivity index (χ0) is 73.0. The summed E-state index contributed by atoms with van der Waals surface area (Å²) in [6.45, 7) is 14.0. The molecule has 1 amide bonds. The Bertz CT molecular complexity index is 3500. The molecular formula is C67H94N4O29. The number of Topliss-reactive ketones (excluding diaryl/α,β-unsaturated/α-hetero) is 4. The van der Waals surface area contributed by atoms with E-state index in [1.54, 1.807) is 27.7 Å². The Morgan fingerprint density at radius 3 is 1.83 bits per heavy atom. The van der Waals surface area contributed by atoms with Crippen molar-refractivity contribution in [3.05, 3.63) is 51.4 Å². The molecule has 0 bridgehead atoms. The van der Waals surface area contributed by atoms with Gasteiger partial charge in [0.15, 0.2) is 42.5 Å². The molecule has 16 N–H and O–H groups in total. The molecule has 8 aliphatic heterocycles. The zero-order valence-corrected chi connectivity index (χ0v) is 57.3. The summed E-state index contributed by atoms with van der Waals surface area (Å²) >= 11 is 0. The number of hydrogen-bond donors (Lipinski definition) is 14. The predicted octanol–water partition coefficient (Wildman–Crippen LogP) is -1.90. The second kappa shape index (κ2) is 29.1. The number of rotatable bonds is 18. The lowest BCUT2D eigenvalue weighted by molar-refractivity contribution is -0.334. The number of methoxy groups -OCH3 is 2. The first-order valence-corrected chi connectivity index (χ1v) is 33.7. The van der Waals surface area contributed by atoms with Crippen molar-refractivity contribution in [1.82, 2.24) is 10.2 Å². The van der Waals surface area contributed by atoms with Crippen molar-refractivity contribution >= 4 is 40.0 Å². The van der Waals surface area contributed by atoms with Crippen molar-refractivity contribution in [3.8, 4) is 17.2 Å². The molecule has 12 rings (SSSR count). The number of ketones is 4. The molecule has 33 heteroatoms. The van der Waals surface area contributed by atoms with E-state index in [1.165, 1.54) is 61.0 Å². The minimum atomic E-state index is -1.95. The highest BCUT2D eigenvalue weighted by atomic mass is 16.7. The fourth-order valence-corrected chi connectivity index (χ4v) is 15.7. The van der Waals surface area contributed by atoms with Gasteiger partial charge < -0.3 is 139 Å². The lowest BCUT2D eigenvalue weighted by Crippen LogP contribution is -2.58. The Morgan fingerprint density at radius 1 is 0.740 bits per heavy atom. The van der Waals surface area contributed by atoms with E-state index in [0.717, 1.165) is 0 Å². The number of primary amides is 1. The number of hydrogen-bond acceptors (Lipinski definition) is 32. The molecule has 556 valence electrons. The van der Waals surface area contributed by atoms with Crippen molar-refractivity contribution in [2.75, 3.05) is 27.4 Å². The maximum Gasteiger partial charge on any atom is 0.404 e. The van der Waals surface area contributed by atoms with Gasteiger partial charge in [0.25, 0.3) is 0 Å². The van der Waals surface area contributed by atoms with Crippen LogP contribution in [0.2, 0.25) is 0 Å². The number of aliphatic hydroxyl groups excluding tert-OH is 8. The molecule has 0 saturated carbocycles. The average molecular weight is 1420 g/mol. The van der Waals surface area contributed by atoms with Crippen LogP contribution in [0.25, 0.3) is 10.8 Å². The summed E-state index contributed by atoms with van der Waals surface area (Å²) in [6, 6.07) is 3.14. The number of phenolic OH excluding ortho intramolecular Hbond substituents is 2. The number of fused-ring (bicyclic) bond motifs is 6. The second-order valence-corrected chi connectivity index (χ2v) is 28.2. The fraction of sp³-hybridized carbons (Fsp3) is 0.716. The normalized spacial score (nSPS) is 41.1. The Kier molecular flexibility index (Phi) is 21.9. The predicted molar refractivity (Wildman–Crippen MR) is 339 cm³/mol. The molecular weight excluding hydrogens is 1320 g/mol. The van der Waals surface area contributed by atoms with E-state index in [4.69, 9.17) is 73.0 Å². The summed E-state index contributed by atoms with van der Waals surface area (Å²) in [4.78, 5) is 67.4. The molecule has 0 aromatic heterocycles. The maximum atomic E-state index is 15.0. The van der Waals surface area contributed by atoms with E-state index in [0.29, 0.717) is 12.2 Å². The molecule has 100 heavy (non-hydrogen) atoms. The largest absolute Gasteiger partial charge is 0.507 e. The molecule has 0 spiro atoms. The lowest BCUT2D eigenvalue weighted by Gasteiger charge is -2.46. The van der Waals surface area contributed by atoms with E-state index in [-0.39, 0.29) is 113 Å². The zero-order valence-electron chi connectivity index (χ0n) is 57.3. The number of piperazine rings is 1. The van der Waals surface area contributed by atoms with Crippen LogP contribution in [0.15, 0.2) is 34.7 Å². The van der Waals surface area contributed by atoms with Gasteiger partial charge in [0, 0.05) is 81.5 Å². The quantitative estimate of drug-likeness (QED) is 0.0572. The molecule has 29 atom stereocenters. The summed E-state index contributed by atoms with van der Waals surface area (Å²) in [5, 5.41) is 124. The number of nitrogens with two attached hydrogens (primary N) is 2. The molecule has 1 unspecified atom stereocenters. The summed E-state index contributed by atoms with van der Waals surface area (Å²) in [7, 11) is 2.70. The summed E-state index contributed by atoms with van der Waals surface area (Å²) < 4.78 is 77.3. The minimum absolute atomic E-state index is 0.0365. The highest BCUT2D eigenvalue weighted by Crippen LogP contribution is 2.56. The number of benzene rings is 2. The van der Waals surface area contributed by atoms with Crippen LogP contribution in [0.4, 0.5) is 4.79 Å². The summed E-state index contributed by atoms with van der Waals surface area (Å²) in [5.74, 6) is -5.41. The number of ether oxygens (including phenoxy) is 13. The third kappa shape index (κ3) is 13.9. The molecule has 2 aromatic carbocycles. The van der Waals surface area contributed by atoms with E-state index in [9.17, 15) is 75.3 Å². The van der Waals surface area contributed by atoms with Crippen LogP contribution in [-0.4, -0.2) is 282 Å². The second-order valence-electron chi connectivity index (χ2n) is 28.2. The summed E-state index contributed by atoms with van der Waals surface area (Å²) in [5.41, 5.74) is 9.20. The number of phenols is 2. The van der Waals surface area contributed by atoms with Crippen molar-refractivity contribution in [1.29, 1.82) is 0 Å². The Hall–Kier alpha value is -5.71. The first-order chi connectivity index (χ1) is 47.0. The van der Waals surface area contributed by atoms with Crippen molar-refractivity contribution in [3.63, 3.8) is 0 Å². The van der Waals surface area contributed by atoms with E-state index in [2.05, 4.69) is 5.32 Å². The first-order valence-electron chi connectivity index (χ1n) is 33.7. The van der Waals surface area contributed by atoms with E-state index < -0.39 is 199 Å². The Labute approximate surface area is 574 Å². The molecule has 7 saturated heterocycles.